The van der Waals surface area contributed by atoms with Crippen LogP contribution in [0.25, 0.3) is 0 Å². The summed E-state index contributed by atoms with van der Waals surface area (Å²) in [6.07, 6.45) is -4.83. The number of rotatable bonds is 6. The zero-order chi connectivity index (χ0) is 27.2. The third-order valence-electron chi connectivity index (χ3n) is 7.29. The number of sulfonamides is 1. The van der Waals surface area contributed by atoms with Crippen molar-refractivity contribution in [2.24, 2.45) is 0 Å². The molecule has 2 atom stereocenters. The Kier molecular flexibility index (Phi) is 7.40. The van der Waals surface area contributed by atoms with E-state index >= 15 is 0 Å². The number of hydrogen-bond acceptors (Lipinski definition) is 7. The number of hydrogen-bond donors (Lipinski definition) is 2. The van der Waals surface area contributed by atoms with E-state index in [4.69, 9.17) is 0 Å². The van der Waals surface area contributed by atoms with E-state index in [2.05, 4.69) is 5.32 Å². The Balaban J connectivity index is 1.64. The van der Waals surface area contributed by atoms with Gasteiger partial charge >= 0.3 is 6.18 Å². The maximum atomic E-state index is 13.3. The number of nitrogens with one attached hydrogen (secondary N) is 1. The molecule has 2 aliphatic heterocycles. The molecule has 2 aliphatic rings. The number of aliphatic hydroxyl groups is 1. The summed E-state index contributed by atoms with van der Waals surface area (Å²) in [5.74, 6) is -0.122. The van der Waals surface area contributed by atoms with Gasteiger partial charge in [0.15, 0.2) is 5.60 Å². The quantitative estimate of drug-likeness (QED) is 0.565. The van der Waals surface area contributed by atoms with Gasteiger partial charge in [-0.15, -0.1) is 11.3 Å². The van der Waals surface area contributed by atoms with Crippen molar-refractivity contribution in [3.63, 3.8) is 0 Å². The molecule has 3 heterocycles. The number of anilines is 1. The van der Waals surface area contributed by atoms with Crippen LogP contribution in [0.3, 0.4) is 0 Å². The molecule has 37 heavy (non-hydrogen) atoms. The number of thiophene rings is 1. The van der Waals surface area contributed by atoms with Gasteiger partial charge in [0.2, 0.25) is 5.91 Å². The first-order valence-electron chi connectivity index (χ1n) is 11.9. The number of halogens is 3. The average Bonchev–Trinajstić information content (AvgIpc) is 3.38. The molecule has 0 aliphatic carbocycles. The molecule has 204 valence electrons. The lowest BCUT2D eigenvalue weighted by atomic mass is 9.94. The molecule has 1 aromatic heterocycles. The Morgan fingerprint density at radius 3 is 2.41 bits per heavy atom. The highest BCUT2D eigenvalue weighted by molar-refractivity contribution is 7.91. The average molecular weight is 561 g/mol. The second-order valence-electron chi connectivity index (χ2n) is 10.0. The number of piperazine rings is 2. The summed E-state index contributed by atoms with van der Waals surface area (Å²) in [5, 5.41) is 14.6. The van der Waals surface area contributed by atoms with E-state index in [1.807, 2.05) is 23.6 Å². The van der Waals surface area contributed by atoms with Crippen LogP contribution in [0.2, 0.25) is 0 Å². The van der Waals surface area contributed by atoms with Crippen LogP contribution in [-0.2, 0) is 20.4 Å². The fraction of sp³-hybridized carbons (Fsp3) is 0.542. The normalized spacial score (nSPS) is 23.5. The summed E-state index contributed by atoms with van der Waals surface area (Å²) in [4.78, 5) is 16.5. The predicted octanol–water partition coefficient (Wildman–Crippen LogP) is 2.61. The number of amides is 1. The van der Waals surface area contributed by atoms with E-state index < -0.39 is 27.3 Å². The van der Waals surface area contributed by atoms with Crippen molar-refractivity contribution in [2.45, 2.75) is 48.3 Å². The van der Waals surface area contributed by atoms with Crippen molar-refractivity contribution in [1.29, 1.82) is 0 Å². The van der Waals surface area contributed by atoms with Crippen molar-refractivity contribution in [1.82, 2.24) is 14.5 Å². The van der Waals surface area contributed by atoms with Crippen LogP contribution in [-0.4, -0.2) is 85.7 Å². The van der Waals surface area contributed by atoms with Gasteiger partial charge in [-0.05, 0) is 49.9 Å². The summed E-state index contributed by atoms with van der Waals surface area (Å²) < 4.78 is 68.1. The van der Waals surface area contributed by atoms with Crippen molar-refractivity contribution in [2.75, 3.05) is 44.2 Å². The lowest BCUT2D eigenvalue weighted by Crippen LogP contribution is -2.66. The van der Waals surface area contributed by atoms with Gasteiger partial charge in [-0.1, -0.05) is 18.2 Å². The SMILES string of the molecule is CC1(C)C(=O)NCCN1CC1CN(S(=O)(=O)c2cccs2)CCN1c1ccc(C(C)(O)C(F)(F)F)cc1. The molecule has 0 radical (unpaired) electrons. The Hall–Kier alpha value is -2.19. The van der Waals surface area contributed by atoms with E-state index in [1.54, 1.807) is 17.5 Å². The molecule has 1 amide bonds. The molecular weight excluding hydrogens is 529 g/mol. The third kappa shape index (κ3) is 5.24. The lowest BCUT2D eigenvalue weighted by Gasteiger charge is -2.48. The largest absolute Gasteiger partial charge is 0.421 e. The van der Waals surface area contributed by atoms with Gasteiger partial charge in [-0.25, -0.2) is 8.42 Å². The minimum Gasteiger partial charge on any atom is -0.376 e. The number of alkyl halides is 3. The smallest absolute Gasteiger partial charge is 0.376 e. The van der Waals surface area contributed by atoms with Gasteiger partial charge in [-0.2, -0.15) is 17.5 Å². The molecule has 2 saturated heterocycles. The zero-order valence-corrected chi connectivity index (χ0v) is 22.5. The van der Waals surface area contributed by atoms with Gasteiger partial charge in [0.25, 0.3) is 10.0 Å². The molecule has 1 aromatic carbocycles. The van der Waals surface area contributed by atoms with Gasteiger partial charge in [-0.3, -0.25) is 9.69 Å². The molecule has 4 rings (SSSR count). The molecule has 2 unspecified atom stereocenters. The van der Waals surface area contributed by atoms with Crippen LogP contribution in [0.4, 0.5) is 18.9 Å². The summed E-state index contributed by atoms with van der Waals surface area (Å²) in [6, 6.07) is 8.38. The number of benzene rings is 1. The fourth-order valence-electron chi connectivity index (χ4n) is 4.74. The number of carbonyl (C=O) groups is 1. The van der Waals surface area contributed by atoms with Crippen LogP contribution in [0.1, 0.15) is 26.3 Å². The monoisotopic (exact) mass is 560 g/mol. The molecule has 0 bridgehead atoms. The summed E-state index contributed by atoms with van der Waals surface area (Å²) >= 11 is 1.14. The maximum Gasteiger partial charge on any atom is 0.421 e. The molecule has 0 saturated carbocycles. The fourth-order valence-corrected chi connectivity index (χ4v) is 7.35. The van der Waals surface area contributed by atoms with Gasteiger partial charge in [0.05, 0.1) is 11.6 Å². The van der Waals surface area contributed by atoms with Crippen LogP contribution in [0.5, 0.6) is 0 Å². The van der Waals surface area contributed by atoms with Crippen LogP contribution < -0.4 is 10.2 Å². The summed E-state index contributed by atoms with van der Waals surface area (Å²) in [6.45, 7) is 6.40. The van der Waals surface area contributed by atoms with Gasteiger partial charge in [0, 0.05) is 45.0 Å². The van der Waals surface area contributed by atoms with E-state index in [0.29, 0.717) is 38.8 Å². The molecule has 8 nitrogen and oxygen atoms in total. The molecule has 0 spiro atoms. The van der Waals surface area contributed by atoms with E-state index in [1.165, 1.54) is 28.6 Å². The highest BCUT2D eigenvalue weighted by Crippen LogP contribution is 2.39. The summed E-state index contributed by atoms with van der Waals surface area (Å²) in [5.41, 5.74) is -3.48. The van der Waals surface area contributed by atoms with E-state index in [9.17, 15) is 31.5 Å². The zero-order valence-electron chi connectivity index (χ0n) is 20.8. The highest BCUT2D eigenvalue weighted by Gasteiger charge is 2.51. The van der Waals surface area contributed by atoms with Gasteiger partial charge in [0.1, 0.15) is 4.21 Å². The predicted molar refractivity (Wildman–Crippen MR) is 135 cm³/mol. The molecular formula is C24H31F3N4O4S2. The minimum atomic E-state index is -4.83. The van der Waals surface area contributed by atoms with Crippen LogP contribution >= 0.6 is 11.3 Å². The molecule has 13 heteroatoms. The second kappa shape index (κ2) is 9.84. The molecule has 2 fully saturated rings. The highest BCUT2D eigenvalue weighted by atomic mass is 32.2. The Labute approximate surface area is 218 Å². The van der Waals surface area contributed by atoms with E-state index in [-0.39, 0.29) is 34.8 Å². The van der Waals surface area contributed by atoms with Crippen molar-refractivity contribution in [3.8, 4) is 0 Å². The second-order valence-corrected chi connectivity index (χ2v) is 13.1. The first-order chi connectivity index (χ1) is 17.2. The van der Waals surface area contributed by atoms with Gasteiger partial charge < -0.3 is 15.3 Å². The van der Waals surface area contributed by atoms with Crippen molar-refractivity contribution in [3.05, 3.63) is 47.3 Å². The minimum absolute atomic E-state index is 0.122. The Morgan fingerprint density at radius 2 is 1.81 bits per heavy atom. The summed E-state index contributed by atoms with van der Waals surface area (Å²) in [7, 11) is -3.71. The Bertz CT molecular complexity index is 1220. The first-order valence-corrected chi connectivity index (χ1v) is 14.2. The molecule has 2 aromatic rings. The first kappa shape index (κ1) is 27.8. The number of nitrogens with zero attached hydrogens (tertiary/aromatic N) is 3. The van der Waals surface area contributed by atoms with Crippen molar-refractivity contribution >= 4 is 33.0 Å². The van der Waals surface area contributed by atoms with Crippen molar-refractivity contribution < 1.29 is 31.5 Å². The third-order valence-corrected chi connectivity index (χ3v) is 10.5. The molecule has 2 N–H and O–H groups in total. The number of carbonyl (C=O) groups excluding carboxylic acids is 1. The Morgan fingerprint density at radius 1 is 1.14 bits per heavy atom. The standard InChI is InChI=1S/C24H31F3N4O4S2/c1-22(2)21(32)28-10-11-29(22)15-19-16-30(37(34,35)20-5-4-14-36-20)12-13-31(19)18-8-6-17(7-9-18)23(3,33)24(25,26)27/h4-9,14,19,33H,10-13,15-16H2,1-3H3,(H,28,32). The lowest BCUT2D eigenvalue weighted by molar-refractivity contribution is -0.258. The van der Waals surface area contributed by atoms with Crippen LogP contribution in [0.15, 0.2) is 46.0 Å². The topological polar surface area (TPSA) is 93.2 Å². The maximum absolute atomic E-state index is 13.3. The van der Waals surface area contributed by atoms with Crippen LogP contribution in [0, 0.1) is 0 Å². The van der Waals surface area contributed by atoms with E-state index in [0.717, 1.165) is 11.3 Å².